The highest BCUT2D eigenvalue weighted by atomic mass is 35.5. The Kier molecular flexibility index (Phi) is 9.22. The van der Waals surface area contributed by atoms with Gasteiger partial charge in [0, 0.05) is 43.2 Å². The summed E-state index contributed by atoms with van der Waals surface area (Å²) in [6.07, 6.45) is 6.88. The maximum Gasteiger partial charge on any atom is 0.412 e. The minimum Gasteiger partial charge on any atom is -0.339 e. The summed E-state index contributed by atoms with van der Waals surface area (Å²) in [4.78, 5) is 28.3. The van der Waals surface area contributed by atoms with Crippen molar-refractivity contribution in [1.82, 2.24) is 15.1 Å². The highest BCUT2D eigenvalue weighted by molar-refractivity contribution is 6.29. The number of allylic oxidation sites excluding steroid dienone is 6. The van der Waals surface area contributed by atoms with Crippen LogP contribution in [0.1, 0.15) is 46.0 Å². The van der Waals surface area contributed by atoms with Gasteiger partial charge in [-0.1, -0.05) is 35.4 Å². The number of amides is 3. The van der Waals surface area contributed by atoms with Crippen LogP contribution in [-0.4, -0.2) is 54.1 Å². The summed E-state index contributed by atoms with van der Waals surface area (Å²) >= 11 is 5.87. The van der Waals surface area contributed by atoms with Crippen LogP contribution in [0.25, 0.3) is 0 Å². The zero-order valence-corrected chi connectivity index (χ0v) is 18.7. The smallest absolute Gasteiger partial charge is 0.339 e. The molecule has 1 saturated heterocycles. The minimum atomic E-state index is -4.50. The average molecular weight is 460 g/mol. The Bertz CT molecular complexity index is 788. The van der Waals surface area contributed by atoms with Gasteiger partial charge in [-0.2, -0.15) is 13.2 Å². The Morgan fingerprint density at radius 3 is 2.39 bits per heavy atom. The monoisotopic (exact) mass is 459 g/mol. The van der Waals surface area contributed by atoms with Gasteiger partial charge < -0.3 is 15.1 Å². The van der Waals surface area contributed by atoms with Gasteiger partial charge in [0.25, 0.3) is 0 Å². The van der Waals surface area contributed by atoms with Gasteiger partial charge >= 0.3 is 12.2 Å². The molecule has 1 heterocycles. The molecule has 0 aromatic carbocycles. The second-order valence-electron chi connectivity index (χ2n) is 7.71. The van der Waals surface area contributed by atoms with Crippen molar-refractivity contribution >= 4 is 23.5 Å². The maximum atomic E-state index is 12.8. The molecular formula is C22H29ClF3N3O2. The molecule has 0 atom stereocenters. The van der Waals surface area contributed by atoms with Crippen molar-refractivity contribution in [3.63, 3.8) is 0 Å². The summed E-state index contributed by atoms with van der Waals surface area (Å²) in [5, 5.41) is 2.50. The van der Waals surface area contributed by atoms with E-state index >= 15 is 0 Å². The van der Waals surface area contributed by atoms with Crippen LogP contribution in [-0.2, 0) is 4.79 Å². The van der Waals surface area contributed by atoms with Crippen molar-refractivity contribution in [2.24, 2.45) is 0 Å². The first kappa shape index (κ1) is 25.0. The Hall–Kier alpha value is -2.22. The summed E-state index contributed by atoms with van der Waals surface area (Å²) in [6, 6.07) is -0.539. The number of halogens is 4. The predicted octanol–water partition coefficient (Wildman–Crippen LogP) is 5.27. The van der Waals surface area contributed by atoms with E-state index in [4.69, 9.17) is 11.6 Å². The molecule has 172 valence electrons. The van der Waals surface area contributed by atoms with E-state index in [9.17, 15) is 22.8 Å². The van der Waals surface area contributed by atoms with Crippen molar-refractivity contribution < 1.29 is 22.8 Å². The van der Waals surface area contributed by atoms with Crippen molar-refractivity contribution in [2.75, 3.05) is 26.2 Å². The number of piperazine rings is 1. The van der Waals surface area contributed by atoms with Crippen molar-refractivity contribution in [3.05, 3.63) is 46.2 Å². The van der Waals surface area contributed by atoms with Crippen LogP contribution in [0, 0.1) is 0 Å². The van der Waals surface area contributed by atoms with Gasteiger partial charge in [0.1, 0.15) is 0 Å². The number of hydrogen-bond acceptors (Lipinski definition) is 2. The number of urea groups is 1. The Morgan fingerprint density at radius 2 is 1.77 bits per heavy atom. The lowest BCUT2D eigenvalue weighted by Crippen LogP contribution is -2.53. The Morgan fingerprint density at radius 1 is 1.13 bits per heavy atom. The lowest BCUT2D eigenvalue weighted by molar-refractivity contribution is -0.131. The topological polar surface area (TPSA) is 52.7 Å². The molecule has 1 aliphatic carbocycles. The fourth-order valence-electron chi connectivity index (χ4n) is 3.34. The molecular weight excluding hydrogens is 431 g/mol. The van der Waals surface area contributed by atoms with Gasteiger partial charge in [0.05, 0.1) is 5.70 Å². The van der Waals surface area contributed by atoms with Gasteiger partial charge in [-0.05, 0) is 45.6 Å². The molecule has 0 unspecified atom stereocenters. The van der Waals surface area contributed by atoms with Crippen LogP contribution in [0.15, 0.2) is 46.2 Å². The second kappa shape index (κ2) is 11.4. The molecule has 9 heteroatoms. The lowest BCUT2D eigenvalue weighted by Gasteiger charge is -2.35. The fourth-order valence-corrected chi connectivity index (χ4v) is 3.44. The molecule has 31 heavy (non-hydrogen) atoms. The summed E-state index contributed by atoms with van der Waals surface area (Å²) in [5.74, 6) is 0.0387. The summed E-state index contributed by atoms with van der Waals surface area (Å²) in [6.45, 7) is 3.70. The molecule has 1 N–H and O–H groups in total. The SMILES string of the molecule is C/C(Cl)=C(\C=C(/C)C(F)(F)F)NC(=O)N1CCN(C(=O)C/C2=C/C/C=C\CCC2)CC1. The summed E-state index contributed by atoms with van der Waals surface area (Å²) < 4.78 is 38.4. The molecule has 0 radical (unpaired) electrons. The molecule has 5 nitrogen and oxygen atoms in total. The number of alkyl halides is 3. The van der Waals surface area contributed by atoms with Crippen LogP contribution >= 0.6 is 11.6 Å². The van der Waals surface area contributed by atoms with E-state index < -0.39 is 17.8 Å². The highest BCUT2D eigenvalue weighted by Crippen LogP contribution is 2.26. The van der Waals surface area contributed by atoms with Gasteiger partial charge in [0.2, 0.25) is 5.91 Å². The van der Waals surface area contributed by atoms with Crippen LogP contribution in [0.2, 0.25) is 0 Å². The van der Waals surface area contributed by atoms with Crippen LogP contribution in [0.4, 0.5) is 18.0 Å². The zero-order chi connectivity index (χ0) is 23.0. The number of hydrogen-bond donors (Lipinski definition) is 1. The fraction of sp³-hybridized carbons (Fsp3) is 0.545. The highest BCUT2D eigenvalue weighted by Gasteiger charge is 2.31. The number of carbonyl (C=O) groups excluding carboxylic acids is 2. The molecule has 0 bridgehead atoms. The van der Waals surface area contributed by atoms with E-state index in [1.54, 1.807) is 4.90 Å². The van der Waals surface area contributed by atoms with E-state index in [-0.39, 0.29) is 16.6 Å². The second-order valence-corrected chi connectivity index (χ2v) is 8.28. The van der Waals surface area contributed by atoms with E-state index in [2.05, 4.69) is 23.5 Å². The van der Waals surface area contributed by atoms with E-state index in [1.807, 2.05) is 0 Å². The number of carbonyl (C=O) groups is 2. The first-order valence-corrected chi connectivity index (χ1v) is 10.7. The Labute approximate surface area is 186 Å². The molecule has 2 aliphatic rings. The quantitative estimate of drug-likeness (QED) is 0.460. The maximum absolute atomic E-state index is 12.8. The first-order chi connectivity index (χ1) is 14.6. The van der Waals surface area contributed by atoms with Crippen LogP contribution in [0.3, 0.4) is 0 Å². The molecule has 3 amide bonds. The first-order valence-electron chi connectivity index (χ1n) is 10.4. The molecule has 2 rings (SSSR count). The lowest BCUT2D eigenvalue weighted by atomic mass is 10.0. The molecule has 0 saturated carbocycles. The van der Waals surface area contributed by atoms with Gasteiger partial charge in [-0.25, -0.2) is 4.79 Å². The van der Waals surface area contributed by atoms with Crippen molar-refractivity contribution in [2.45, 2.75) is 52.1 Å². The predicted molar refractivity (Wildman–Crippen MR) is 115 cm³/mol. The van der Waals surface area contributed by atoms with Gasteiger partial charge in [0.15, 0.2) is 0 Å². The van der Waals surface area contributed by atoms with E-state index in [0.29, 0.717) is 32.6 Å². The minimum absolute atomic E-state index is 0.0387. The number of nitrogens with one attached hydrogen (secondary N) is 1. The van der Waals surface area contributed by atoms with E-state index in [1.165, 1.54) is 11.8 Å². The van der Waals surface area contributed by atoms with Crippen LogP contribution in [0.5, 0.6) is 0 Å². The normalized spacial score (nSPS) is 22.0. The van der Waals surface area contributed by atoms with Crippen LogP contribution < -0.4 is 5.32 Å². The molecule has 1 aliphatic heterocycles. The van der Waals surface area contributed by atoms with E-state index in [0.717, 1.165) is 44.3 Å². The third-order valence-electron chi connectivity index (χ3n) is 5.30. The number of rotatable bonds is 4. The zero-order valence-electron chi connectivity index (χ0n) is 17.9. The van der Waals surface area contributed by atoms with Gasteiger partial charge in [-0.3, -0.25) is 4.79 Å². The van der Waals surface area contributed by atoms with Crippen molar-refractivity contribution in [1.29, 1.82) is 0 Å². The standard InChI is InChI=1S/C22H29ClF3N3O2/c1-16(22(24,25)26)14-19(17(2)23)27-21(31)29-12-10-28(11-13-29)20(30)15-18-8-6-4-3-5-7-9-18/h3-4,8,14H,5-7,9-13,15H2,1-2H3,(H,27,31)/b4-3-,16-14+,18-8+,19-17-. The van der Waals surface area contributed by atoms with Crippen molar-refractivity contribution in [3.8, 4) is 0 Å². The third kappa shape index (κ3) is 8.09. The molecule has 0 spiro atoms. The van der Waals surface area contributed by atoms with Gasteiger partial charge in [-0.15, -0.1) is 0 Å². The largest absolute Gasteiger partial charge is 0.412 e. The summed E-state index contributed by atoms with van der Waals surface area (Å²) in [5.41, 5.74) is 0.191. The molecule has 1 fully saturated rings. The number of nitrogens with zero attached hydrogens (tertiary/aromatic N) is 2. The summed E-state index contributed by atoms with van der Waals surface area (Å²) in [7, 11) is 0. The molecule has 0 aromatic rings. The Balaban J connectivity index is 1.89. The average Bonchev–Trinajstić information content (AvgIpc) is 2.68. The third-order valence-corrected chi connectivity index (χ3v) is 5.50. The molecule has 0 aromatic heterocycles.